The molecule has 1 aromatic heterocycles. The van der Waals surface area contributed by atoms with Crippen LogP contribution in [0.4, 0.5) is 10.1 Å². The summed E-state index contributed by atoms with van der Waals surface area (Å²) in [6.07, 6.45) is 4.11. The molecule has 0 bridgehead atoms. The van der Waals surface area contributed by atoms with Gasteiger partial charge >= 0.3 is 0 Å². The van der Waals surface area contributed by atoms with Gasteiger partial charge in [-0.2, -0.15) is 5.10 Å². The van der Waals surface area contributed by atoms with E-state index >= 15 is 0 Å². The van der Waals surface area contributed by atoms with Gasteiger partial charge in [-0.3, -0.25) is 4.79 Å². The number of hydrazone groups is 1. The maximum atomic E-state index is 13.1. The fraction of sp³-hybridized carbons (Fsp3) is 0.226. The minimum atomic E-state index is -0.259. The minimum Gasteiger partial charge on any atom is -0.489 e. The average Bonchev–Trinajstić information content (AvgIpc) is 3.57. The first-order valence-corrected chi connectivity index (χ1v) is 12.8. The van der Waals surface area contributed by atoms with Crippen molar-refractivity contribution in [3.05, 3.63) is 113 Å². The molecule has 3 aromatic carbocycles. The van der Waals surface area contributed by atoms with E-state index in [1.165, 1.54) is 25.0 Å². The monoisotopic (exact) mass is 510 g/mol. The Kier molecular flexibility index (Phi) is 7.54. The van der Waals surface area contributed by atoms with Gasteiger partial charge < -0.3 is 14.2 Å². The number of amides is 1. The predicted molar refractivity (Wildman–Crippen MR) is 149 cm³/mol. The van der Waals surface area contributed by atoms with Gasteiger partial charge in [0.25, 0.3) is 5.91 Å². The summed E-state index contributed by atoms with van der Waals surface area (Å²) in [5.41, 5.74) is 9.26. The number of rotatable bonds is 8. The van der Waals surface area contributed by atoms with Crippen LogP contribution in [0.2, 0.25) is 0 Å². The van der Waals surface area contributed by atoms with Crippen LogP contribution in [0.5, 0.6) is 5.75 Å². The van der Waals surface area contributed by atoms with Crippen LogP contribution in [-0.2, 0) is 6.61 Å². The summed E-state index contributed by atoms with van der Waals surface area (Å²) in [6.45, 7) is 6.57. The lowest BCUT2D eigenvalue weighted by Crippen LogP contribution is -2.19. The van der Waals surface area contributed by atoms with E-state index in [-0.39, 0.29) is 11.7 Å². The summed E-state index contributed by atoms with van der Waals surface area (Å²) < 4.78 is 21.0. The van der Waals surface area contributed by atoms with Gasteiger partial charge in [-0.05, 0) is 99.0 Å². The SMILES string of the molecule is Cc1cc(/C=N\NC(=O)c2ccc(N3CCCC3)cc2)c(C)n1-c1ccc(OCc2ccc(F)cc2)cc1. The molecule has 1 aliphatic rings. The van der Waals surface area contributed by atoms with Gasteiger partial charge in [-0.25, -0.2) is 9.82 Å². The molecule has 1 aliphatic heterocycles. The lowest BCUT2D eigenvalue weighted by molar-refractivity contribution is 0.0955. The van der Waals surface area contributed by atoms with E-state index in [2.05, 4.69) is 20.0 Å². The van der Waals surface area contributed by atoms with Gasteiger partial charge in [0.1, 0.15) is 18.2 Å². The van der Waals surface area contributed by atoms with Gasteiger partial charge in [-0.15, -0.1) is 0 Å². The van der Waals surface area contributed by atoms with E-state index in [1.54, 1.807) is 18.3 Å². The van der Waals surface area contributed by atoms with Crippen LogP contribution in [0.3, 0.4) is 0 Å². The summed E-state index contributed by atoms with van der Waals surface area (Å²) in [4.78, 5) is 14.9. The summed E-state index contributed by atoms with van der Waals surface area (Å²) in [5, 5.41) is 4.21. The van der Waals surface area contributed by atoms with Crippen LogP contribution in [-0.4, -0.2) is 29.8 Å². The van der Waals surface area contributed by atoms with Crippen LogP contribution in [0.25, 0.3) is 5.69 Å². The Bertz CT molecular complexity index is 1420. The Morgan fingerprint density at radius 2 is 1.61 bits per heavy atom. The van der Waals surface area contributed by atoms with Gasteiger partial charge in [0.15, 0.2) is 0 Å². The zero-order valence-corrected chi connectivity index (χ0v) is 21.7. The normalized spacial score (nSPS) is 13.3. The lowest BCUT2D eigenvalue weighted by Gasteiger charge is -2.17. The van der Waals surface area contributed by atoms with Gasteiger partial charge in [0.05, 0.1) is 6.21 Å². The Morgan fingerprint density at radius 3 is 2.29 bits per heavy atom. The largest absolute Gasteiger partial charge is 0.489 e. The maximum Gasteiger partial charge on any atom is 0.271 e. The molecule has 1 saturated heterocycles. The highest BCUT2D eigenvalue weighted by molar-refractivity contribution is 5.95. The van der Waals surface area contributed by atoms with Crippen molar-refractivity contribution in [2.24, 2.45) is 5.10 Å². The highest BCUT2D eigenvalue weighted by Crippen LogP contribution is 2.23. The Morgan fingerprint density at radius 1 is 0.947 bits per heavy atom. The third-order valence-electron chi connectivity index (χ3n) is 6.85. The molecule has 0 aliphatic carbocycles. The number of hydrogen-bond acceptors (Lipinski definition) is 4. The number of carbonyl (C=O) groups is 1. The fourth-order valence-electron chi connectivity index (χ4n) is 4.78. The minimum absolute atomic E-state index is 0.237. The summed E-state index contributed by atoms with van der Waals surface area (Å²) in [7, 11) is 0. The molecule has 1 fully saturated rings. The van der Waals surface area contributed by atoms with Crippen LogP contribution < -0.4 is 15.1 Å². The molecule has 2 heterocycles. The number of benzene rings is 3. The van der Waals surface area contributed by atoms with Crippen LogP contribution in [0, 0.1) is 19.7 Å². The lowest BCUT2D eigenvalue weighted by atomic mass is 10.2. The van der Waals surface area contributed by atoms with Gasteiger partial charge in [-0.1, -0.05) is 12.1 Å². The van der Waals surface area contributed by atoms with E-state index < -0.39 is 0 Å². The predicted octanol–water partition coefficient (Wildman–Crippen LogP) is 6.18. The zero-order valence-electron chi connectivity index (χ0n) is 21.7. The molecule has 4 aromatic rings. The highest BCUT2D eigenvalue weighted by Gasteiger charge is 2.13. The number of aryl methyl sites for hydroxylation is 1. The quantitative estimate of drug-likeness (QED) is 0.228. The molecular formula is C31H31FN4O2. The molecule has 0 atom stereocenters. The van der Waals surface area contributed by atoms with E-state index in [0.29, 0.717) is 12.2 Å². The van der Waals surface area contributed by atoms with Crippen molar-refractivity contribution < 1.29 is 13.9 Å². The highest BCUT2D eigenvalue weighted by atomic mass is 19.1. The first-order valence-electron chi connectivity index (χ1n) is 12.8. The van der Waals surface area contributed by atoms with E-state index in [9.17, 15) is 9.18 Å². The van der Waals surface area contributed by atoms with E-state index in [0.717, 1.165) is 52.7 Å². The third-order valence-corrected chi connectivity index (χ3v) is 6.85. The van der Waals surface area contributed by atoms with Crippen molar-refractivity contribution in [3.8, 4) is 11.4 Å². The van der Waals surface area contributed by atoms with Crippen molar-refractivity contribution in [1.82, 2.24) is 9.99 Å². The number of nitrogens with one attached hydrogen (secondary N) is 1. The van der Waals surface area contributed by atoms with E-state index in [4.69, 9.17) is 4.74 Å². The van der Waals surface area contributed by atoms with Crippen molar-refractivity contribution >= 4 is 17.8 Å². The number of halogens is 1. The summed E-state index contributed by atoms with van der Waals surface area (Å²) in [5.74, 6) is 0.239. The molecule has 7 heteroatoms. The number of anilines is 1. The second-order valence-corrected chi connectivity index (χ2v) is 9.51. The number of ether oxygens (including phenoxy) is 1. The van der Waals surface area contributed by atoms with Crippen LogP contribution in [0.1, 0.15) is 45.7 Å². The van der Waals surface area contributed by atoms with Crippen LogP contribution in [0.15, 0.2) is 84.0 Å². The Balaban J connectivity index is 1.20. The smallest absolute Gasteiger partial charge is 0.271 e. The zero-order chi connectivity index (χ0) is 26.5. The molecule has 0 saturated carbocycles. The van der Waals surface area contributed by atoms with Gasteiger partial charge in [0, 0.05) is 47.0 Å². The standard InChI is InChI=1S/C31H31FN4O2/c1-22-19-26(20-33-34-31(37)25-7-11-28(12-8-25)35-17-3-4-18-35)23(2)36(22)29-13-15-30(16-14-29)38-21-24-5-9-27(32)10-6-24/h5-16,19-20H,3-4,17-18,21H2,1-2H3,(H,34,37)/b33-20-. The molecule has 38 heavy (non-hydrogen) atoms. The van der Waals surface area contributed by atoms with Crippen molar-refractivity contribution in [1.29, 1.82) is 0 Å². The maximum absolute atomic E-state index is 13.1. The fourth-order valence-corrected chi connectivity index (χ4v) is 4.78. The molecule has 1 amide bonds. The molecule has 0 spiro atoms. The van der Waals surface area contributed by atoms with Crippen molar-refractivity contribution in [3.63, 3.8) is 0 Å². The molecule has 1 N–H and O–H groups in total. The Labute approximate surface area is 222 Å². The molecule has 194 valence electrons. The van der Waals surface area contributed by atoms with Gasteiger partial charge in [0.2, 0.25) is 0 Å². The molecular weight excluding hydrogens is 479 g/mol. The van der Waals surface area contributed by atoms with Crippen molar-refractivity contribution in [2.45, 2.75) is 33.3 Å². The first kappa shape index (κ1) is 25.3. The number of hydrogen-bond donors (Lipinski definition) is 1. The second kappa shape index (κ2) is 11.3. The number of nitrogens with zero attached hydrogens (tertiary/aromatic N) is 3. The van der Waals surface area contributed by atoms with Crippen molar-refractivity contribution in [2.75, 3.05) is 18.0 Å². The average molecular weight is 511 g/mol. The first-order chi connectivity index (χ1) is 18.5. The summed E-state index contributed by atoms with van der Waals surface area (Å²) in [6, 6.07) is 23.8. The summed E-state index contributed by atoms with van der Waals surface area (Å²) >= 11 is 0. The van der Waals surface area contributed by atoms with E-state index in [1.807, 2.05) is 68.4 Å². The molecule has 5 rings (SSSR count). The number of carbonyl (C=O) groups excluding carboxylic acids is 1. The number of aromatic nitrogens is 1. The second-order valence-electron chi connectivity index (χ2n) is 9.51. The molecule has 6 nitrogen and oxygen atoms in total. The van der Waals surface area contributed by atoms with Crippen LogP contribution >= 0.6 is 0 Å². The molecule has 0 radical (unpaired) electrons. The Hall–Kier alpha value is -4.39. The topological polar surface area (TPSA) is 58.9 Å². The third kappa shape index (κ3) is 5.78. The molecule has 0 unspecified atom stereocenters.